The minimum Gasteiger partial charge on any atom is -0.462 e. The van der Waals surface area contributed by atoms with Gasteiger partial charge in [-0.05, 0) is 89.7 Å². The number of likely N-dealkylation sites (N-methyl/N-ethyl adjacent to an activating group) is 1. The molecule has 9 nitrogen and oxygen atoms in total. The first-order valence-electron chi connectivity index (χ1n) is 14.9. The SMILES string of the molecule is CN1CCC[C@H]1COc1nc(N2CCN(C(=O)OC(C)(C)C)CC2)c2ccc3c(ccn3-c3ccc(C(F)(F)F)cc3)c2n1. The van der Waals surface area contributed by atoms with Crippen LogP contribution >= 0.6 is 0 Å². The number of carbonyl (C=O) groups excluding carboxylic acids is 1. The lowest BCUT2D eigenvalue weighted by Crippen LogP contribution is -2.50. The van der Waals surface area contributed by atoms with Crippen LogP contribution in [-0.4, -0.2) is 88.4 Å². The van der Waals surface area contributed by atoms with Crippen LogP contribution in [0.3, 0.4) is 0 Å². The maximum absolute atomic E-state index is 13.2. The summed E-state index contributed by atoms with van der Waals surface area (Å²) in [5, 5.41) is 1.67. The Morgan fingerprint density at radius 3 is 2.30 bits per heavy atom. The van der Waals surface area contributed by atoms with Gasteiger partial charge in [0.1, 0.15) is 18.0 Å². The van der Waals surface area contributed by atoms with E-state index in [-0.39, 0.29) is 18.1 Å². The minimum atomic E-state index is -4.40. The fourth-order valence-corrected chi connectivity index (χ4v) is 5.90. The van der Waals surface area contributed by atoms with E-state index >= 15 is 0 Å². The maximum Gasteiger partial charge on any atom is 0.416 e. The molecule has 2 aromatic heterocycles. The number of piperazine rings is 1. The monoisotopic (exact) mass is 610 g/mol. The van der Waals surface area contributed by atoms with Crippen LogP contribution in [0.5, 0.6) is 6.01 Å². The topological polar surface area (TPSA) is 76.0 Å². The Morgan fingerprint density at radius 2 is 1.66 bits per heavy atom. The zero-order valence-corrected chi connectivity index (χ0v) is 25.4. The van der Waals surface area contributed by atoms with E-state index in [9.17, 15) is 18.0 Å². The molecule has 1 amide bonds. The van der Waals surface area contributed by atoms with Gasteiger partial charge in [-0.25, -0.2) is 4.79 Å². The Morgan fingerprint density at radius 1 is 0.932 bits per heavy atom. The number of benzene rings is 2. The lowest BCUT2D eigenvalue weighted by Gasteiger charge is -2.36. The van der Waals surface area contributed by atoms with E-state index in [1.807, 2.05) is 49.7 Å². The quantitative estimate of drug-likeness (QED) is 0.270. The third kappa shape index (κ3) is 6.12. The summed E-state index contributed by atoms with van der Waals surface area (Å²) >= 11 is 0. The van der Waals surface area contributed by atoms with Crippen molar-refractivity contribution in [1.82, 2.24) is 24.3 Å². The summed E-state index contributed by atoms with van der Waals surface area (Å²) in [6.07, 6.45) is -0.732. The number of fused-ring (bicyclic) bond motifs is 3. The molecule has 234 valence electrons. The average molecular weight is 611 g/mol. The highest BCUT2D eigenvalue weighted by Crippen LogP contribution is 2.35. The van der Waals surface area contributed by atoms with Crippen molar-refractivity contribution in [2.24, 2.45) is 0 Å². The number of rotatable bonds is 5. The van der Waals surface area contributed by atoms with Crippen LogP contribution in [-0.2, 0) is 10.9 Å². The van der Waals surface area contributed by atoms with E-state index in [4.69, 9.17) is 19.4 Å². The van der Waals surface area contributed by atoms with Gasteiger partial charge in [-0.1, -0.05) is 0 Å². The number of likely N-dealkylation sites (tertiary alicyclic amines) is 1. The van der Waals surface area contributed by atoms with Gasteiger partial charge in [-0.3, -0.25) is 0 Å². The predicted octanol–water partition coefficient (Wildman–Crippen LogP) is 6.12. The summed E-state index contributed by atoms with van der Waals surface area (Å²) < 4.78 is 53.1. The largest absolute Gasteiger partial charge is 0.462 e. The number of aromatic nitrogens is 3. The van der Waals surface area contributed by atoms with Crippen molar-refractivity contribution in [3.8, 4) is 11.7 Å². The van der Waals surface area contributed by atoms with Gasteiger partial charge in [0.15, 0.2) is 0 Å². The normalized spacial score (nSPS) is 18.4. The van der Waals surface area contributed by atoms with Crippen LogP contribution in [0.15, 0.2) is 48.7 Å². The molecule has 0 bridgehead atoms. The van der Waals surface area contributed by atoms with Gasteiger partial charge in [0, 0.05) is 54.9 Å². The summed E-state index contributed by atoms with van der Waals surface area (Å²) in [5.41, 5.74) is 0.849. The zero-order valence-electron chi connectivity index (χ0n) is 25.4. The van der Waals surface area contributed by atoms with E-state index in [1.165, 1.54) is 12.1 Å². The third-order valence-corrected chi connectivity index (χ3v) is 8.27. The second-order valence-electron chi connectivity index (χ2n) is 12.5. The van der Waals surface area contributed by atoms with Crippen molar-refractivity contribution in [2.45, 2.75) is 51.4 Å². The van der Waals surface area contributed by atoms with E-state index in [0.29, 0.717) is 44.0 Å². The lowest BCUT2D eigenvalue weighted by atomic mass is 10.1. The molecule has 12 heteroatoms. The molecule has 0 N–H and O–H groups in total. The summed E-state index contributed by atoms with van der Waals surface area (Å²) in [6.45, 7) is 9.13. The maximum atomic E-state index is 13.2. The van der Waals surface area contributed by atoms with Crippen LogP contribution in [0.2, 0.25) is 0 Å². The van der Waals surface area contributed by atoms with E-state index < -0.39 is 17.3 Å². The molecule has 0 spiro atoms. The van der Waals surface area contributed by atoms with Crippen molar-refractivity contribution >= 4 is 33.7 Å². The van der Waals surface area contributed by atoms with Gasteiger partial charge in [-0.15, -0.1) is 0 Å². The first-order chi connectivity index (χ1) is 20.9. The molecule has 2 aliphatic rings. The molecule has 0 saturated carbocycles. The molecule has 0 radical (unpaired) electrons. The van der Waals surface area contributed by atoms with Gasteiger partial charge < -0.3 is 28.7 Å². The molecular formula is C32H37F3N6O3. The summed E-state index contributed by atoms with van der Waals surface area (Å²) in [6, 6.07) is 11.5. The molecule has 2 fully saturated rings. The van der Waals surface area contributed by atoms with Crippen molar-refractivity contribution < 1.29 is 27.4 Å². The molecule has 0 unspecified atom stereocenters. The van der Waals surface area contributed by atoms with Crippen molar-refractivity contribution in [3.05, 3.63) is 54.2 Å². The number of alkyl halides is 3. The fraction of sp³-hybridized carbons (Fsp3) is 0.469. The van der Waals surface area contributed by atoms with Crippen molar-refractivity contribution in [1.29, 1.82) is 0 Å². The standard InChI is InChI=1S/C32H37F3N6O3/c1-31(2,3)44-30(42)40-18-16-39(17-19-40)28-25-11-12-26-24(13-15-41(26)22-9-7-21(8-10-22)32(33,34)35)27(25)36-29(37-28)43-20-23-6-5-14-38(23)4/h7-13,15,23H,5-6,14,16-20H2,1-4H3/t23-/m0/s1. The summed E-state index contributed by atoms with van der Waals surface area (Å²) in [4.78, 5) is 28.5. The first-order valence-corrected chi connectivity index (χ1v) is 14.9. The Kier molecular flexibility index (Phi) is 7.81. The molecule has 6 rings (SSSR count). The molecule has 2 saturated heterocycles. The number of anilines is 1. The van der Waals surface area contributed by atoms with E-state index in [2.05, 4.69) is 16.8 Å². The highest BCUT2D eigenvalue weighted by atomic mass is 19.4. The Labute approximate surface area is 254 Å². The van der Waals surface area contributed by atoms with Gasteiger partial charge >= 0.3 is 18.3 Å². The Hall–Kier alpha value is -4.06. The highest BCUT2D eigenvalue weighted by Gasteiger charge is 2.31. The summed E-state index contributed by atoms with van der Waals surface area (Å²) in [5.74, 6) is 0.720. The van der Waals surface area contributed by atoms with Crippen LogP contribution in [0.1, 0.15) is 39.2 Å². The Bertz CT molecular complexity index is 1660. The van der Waals surface area contributed by atoms with Crippen LogP contribution < -0.4 is 9.64 Å². The fourth-order valence-electron chi connectivity index (χ4n) is 5.90. The third-order valence-electron chi connectivity index (χ3n) is 8.27. The molecule has 4 heterocycles. The number of hydrogen-bond acceptors (Lipinski definition) is 7. The second kappa shape index (κ2) is 11.5. The van der Waals surface area contributed by atoms with Gasteiger partial charge in [-0.2, -0.15) is 23.1 Å². The first kappa shape index (κ1) is 30.0. The van der Waals surface area contributed by atoms with Crippen LogP contribution in [0.25, 0.3) is 27.5 Å². The molecule has 2 aromatic carbocycles. The van der Waals surface area contributed by atoms with E-state index in [1.54, 1.807) is 4.90 Å². The number of halogens is 3. The summed E-state index contributed by atoms with van der Waals surface area (Å²) in [7, 11) is 2.09. The zero-order chi connectivity index (χ0) is 31.2. The minimum absolute atomic E-state index is 0.275. The van der Waals surface area contributed by atoms with Gasteiger partial charge in [0.05, 0.1) is 16.6 Å². The number of amides is 1. The molecule has 44 heavy (non-hydrogen) atoms. The highest BCUT2D eigenvalue weighted by molar-refractivity contribution is 6.08. The number of carbonyl (C=O) groups is 1. The molecule has 2 aliphatic heterocycles. The van der Waals surface area contributed by atoms with Crippen molar-refractivity contribution in [3.63, 3.8) is 0 Å². The van der Waals surface area contributed by atoms with Crippen molar-refractivity contribution in [2.75, 3.05) is 51.3 Å². The average Bonchev–Trinajstić information content (AvgIpc) is 3.60. The second-order valence-corrected chi connectivity index (χ2v) is 12.5. The van der Waals surface area contributed by atoms with Crippen LogP contribution in [0, 0.1) is 0 Å². The molecule has 0 aliphatic carbocycles. The number of nitrogens with zero attached hydrogens (tertiary/aromatic N) is 6. The van der Waals surface area contributed by atoms with Gasteiger partial charge in [0.2, 0.25) is 0 Å². The predicted molar refractivity (Wildman–Crippen MR) is 163 cm³/mol. The number of hydrogen-bond donors (Lipinski definition) is 0. The number of ether oxygens (including phenoxy) is 2. The Balaban J connectivity index is 1.35. The molecular weight excluding hydrogens is 573 g/mol. The molecule has 1 atom stereocenters. The molecule has 4 aromatic rings. The van der Waals surface area contributed by atoms with E-state index in [0.717, 1.165) is 53.6 Å². The van der Waals surface area contributed by atoms with Crippen LogP contribution in [0.4, 0.5) is 23.8 Å². The smallest absolute Gasteiger partial charge is 0.416 e. The van der Waals surface area contributed by atoms with Gasteiger partial charge in [0.25, 0.3) is 0 Å². The lowest BCUT2D eigenvalue weighted by molar-refractivity contribution is -0.137.